The Kier molecular flexibility index (Phi) is 2.02. The predicted octanol–water partition coefficient (Wildman–Crippen LogP) is 3.50. The molecule has 2 heterocycles. The Labute approximate surface area is 96.8 Å². The molecule has 78 valence electrons. The van der Waals surface area contributed by atoms with Crippen molar-refractivity contribution in [3.05, 3.63) is 28.4 Å². The number of benzene rings is 1. The van der Waals surface area contributed by atoms with E-state index in [9.17, 15) is 0 Å². The highest BCUT2D eigenvalue weighted by Crippen LogP contribution is 2.38. The van der Waals surface area contributed by atoms with Gasteiger partial charge in [-0.25, -0.2) is 0 Å². The van der Waals surface area contributed by atoms with Gasteiger partial charge >= 0.3 is 0 Å². The smallest absolute Gasteiger partial charge is 0.143 e. The molecule has 0 amide bonds. The summed E-state index contributed by atoms with van der Waals surface area (Å²) in [6.07, 6.45) is 3.19. The molecule has 1 aliphatic heterocycles. The summed E-state index contributed by atoms with van der Waals surface area (Å²) in [5.74, 6) is 1.57. The van der Waals surface area contributed by atoms with E-state index >= 15 is 0 Å². The first kappa shape index (κ1) is 9.28. The zero-order valence-electron chi connectivity index (χ0n) is 8.51. The van der Waals surface area contributed by atoms with E-state index in [0.29, 0.717) is 5.92 Å². The van der Waals surface area contributed by atoms with Crippen molar-refractivity contribution >= 4 is 26.8 Å². The summed E-state index contributed by atoms with van der Waals surface area (Å²) in [5, 5.41) is 1.24. The van der Waals surface area contributed by atoms with Gasteiger partial charge in [-0.3, -0.25) is 0 Å². The molecular weight excluding hydrogens is 254 g/mol. The van der Waals surface area contributed by atoms with Gasteiger partial charge in [0.05, 0.1) is 11.1 Å². The molecule has 1 unspecified atom stereocenters. The number of hydrogen-bond donors (Lipinski definition) is 1. The van der Waals surface area contributed by atoms with Crippen molar-refractivity contribution in [2.45, 2.75) is 13.3 Å². The van der Waals surface area contributed by atoms with Crippen LogP contribution >= 0.6 is 15.9 Å². The second-order valence-electron chi connectivity index (χ2n) is 4.23. The number of rotatable bonds is 0. The molecule has 1 aromatic carbocycles. The molecule has 1 N–H and O–H groups in total. The first-order chi connectivity index (χ1) is 7.25. The van der Waals surface area contributed by atoms with E-state index < -0.39 is 0 Å². The van der Waals surface area contributed by atoms with Gasteiger partial charge in [-0.2, -0.15) is 0 Å². The third-order valence-corrected chi connectivity index (χ3v) is 3.54. The number of hydrogen-bond acceptors (Lipinski definition) is 1. The average Bonchev–Trinajstić information content (AvgIpc) is 2.52. The van der Waals surface area contributed by atoms with E-state index in [1.165, 1.54) is 10.9 Å². The molecule has 2 aromatic rings. The molecule has 3 heteroatoms. The summed E-state index contributed by atoms with van der Waals surface area (Å²) in [5.41, 5.74) is 2.53. The van der Waals surface area contributed by atoms with Gasteiger partial charge in [-0.15, -0.1) is 0 Å². The van der Waals surface area contributed by atoms with Crippen LogP contribution in [-0.2, 0) is 6.42 Å². The maximum Gasteiger partial charge on any atom is 0.143 e. The van der Waals surface area contributed by atoms with Gasteiger partial charge in [0.2, 0.25) is 0 Å². The molecule has 3 rings (SSSR count). The second-order valence-corrected chi connectivity index (χ2v) is 5.09. The molecule has 0 bridgehead atoms. The van der Waals surface area contributed by atoms with Gasteiger partial charge in [0.15, 0.2) is 0 Å². The summed E-state index contributed by atoms with van der Waals surface area (Å²) in [6, 6.07) is 4.12. The van der Waals surface area contributed by atoms with Crippen LogP contribution in [0.5, 0.6) is 5.75 Å². The molecule has 1 aliphatic rings. The average molecular weight is 266 g/mol. The summed E-state index contributed by atoms with van der Waals surface area (Å²) >= 11 is 3.55. The van der Waals surface area contributed by atoms with Crippen LogP contribution in [0.4, 0.5) is 0 Å². The Bertz CT molecular complexity index is 518. The van der Waals surface area contributed by atoms with Crippen molar-refractivity contribution in [2.75, 3.05) is 6.61 Å². The summed E-state index contributed by atoms with van der Waals surface area (Å²) in [7, 11) is 0. The quantitative estimate of drug-likeness (QED) is 0.775. The van der Waals surface area contributed by atoms with Crippen LogP contribution in [-0.4, -0.2) is 11.6 Å². The number of aromatic nitrogens is 1. The lowest BCUT2D eigenvalue weighted by Crippen LogP contribution is -2.08. The first-order valence-electron chi connectivity index (χ1n) is 5.17. The van der Waals surface area contributed by atoms with E-state index in [2.05, 4.69) is 40.1 Å². The topological polar surface area (TPSA) is 25.0 Å². The van der Waals surface area contributed by atoms with E-state index in [1.54, 1.807) is 0 Å². The van der Waals surface area contributed by atoms with Crippen LogP contribution < -0.4 is 4.74 Å². The monoisotopic (exact) mass is 265 g/mol. The molecule has 0 saturated carbocycles. The fourth-order valence-electron chi connectivity index (χ4n) is 2.20. The Balaban J connectivity index is 2.34. The van der Waals surface area contributed by atoms with Gasteiger partial charge in [0.1, 0.15) is 5.75 Å². The molecule has 0 saturated heterocycles. The Morgan fingerprint density at radius 2 is 2.33 bits per heavy atom. The van der Waals surface area contributed by atoms with E-state index in [1.807, 2.05) is 6.07 Å². The summed E-state index contributed by atoms with van der Waals surface area (Å²) < 4.78 is 6.90. The van der Waals surface area contributed by atoms with Crippen molar-refractivity contribution in [3.63, 3.8) is 0 Å². The molecule has 1 atom stereocenters. The van der Waals surface area contributed by atoms with Crippen molar-refractivity contribution in [1.82, 2.24) is 4.98 Å². The largest absolute Gasteiger partial charge is 0.491 e. The minimum Gasteiger partial charge on any atom is -0.491 e. The molecular formula is C12H12BrNO. The number of aromatic amines is 1. The maximum absolute atomic E-state index is 5.86. The van der Waals surface area contributed by atoms with Gasteiger partial charge in [0.25, 0.3) is 0 Å². The number of ether oxygens (including phenoxy) is 1. The highest BCUT2D eigenvalue weighted by molar-refractivity contribution is 9.10. The van der Waals surface area contributed by atoms with E-state index in [-0.39, 0.29) is 0 Å². The lowest BCUT2D eigenvalue weighted by molar-refractivity contribution is 0.266. The zero-order chi connectivity index (χ0) is 10.4. The fourth-order valence-corrected chi connectivity index (χ4v) is 2.64. The van der Waals surface area contributed by atoms with Crippen LogP contribution in [0.3, 0.4) is 0 Å². The van der Waals surface area contributed by atoms with Crippen molar-refractivity contribution in [1.29, 1.82) is 0 Å². The zero-order valence-corrected chi connectivity index (χ0v) is 10.1. The molecule has 2 nitrogen and oxygen atoms in total. The van der Waals surface area contributed by atoms with Crippen LogP contribution in [0.1, 0.15) is 12.5 Å². The summed E-state index contributed by atoms with van der Waals surface area (Å²) in [4.78, 5) is 3.29. The SMILES string of the molecule is CC1COc2c(Br)ccc3[nH]cc(c23)C1. The van der Waals surface area contributed by atoms with E-state index in [4.69, 9.17) is 4.74 Å². The minimum atomic E-state index is 0.572. The van der Waals surface area contributed by atoms with Gasteiger partial charge in [-0.05, 0) is 46.0 Å². The molecule has 0 fully saturated rings. The van der Waals surface area contributed by atoms with Crippen LogP contribution in [0, 0.1) is 5.92 Å². The van der Waals surface area contributed by atoms with E-state index in [0.717, 1.165) is 28.8 Å². The highest BCUT2D eigenvalue weighted by atomic mass is 79.9. The summed E-state index contributed by atoms with van der Waals surface area (Å²) in [6.45, 7) is 3.02. The third kappa shape index (κ3) is 1.37. The number of nitrogens with one attached hydrogen (secondary N) is 1. The number of H-pyrrole nitrogens is 1. The van der Waals surface area contributed by atoms with Crippen LogP contribution in [0.2, 0.25) is 0 Å². The molecule has 0 spiro atoms. The lowest BCUT2D eigenvalue weighted by atomic mass is 10.0. The minimum absolute atomic E-state index is 0.572. The van der Waals surface area contributed by atoms with Crippen LogP contribution in [0.25, 0.3) is 10.9 Å². The second kappa shape index (κ2) is 3.27. The lowest BCUT2D eigenvalue weighted by Gasteiger charge is -2.09. The predicted molar refractivity (Wildman–Crippen MR) is 64.4 cm³/mol. The molecule has 1 aromatic heterocycles. The Hall–Kier alpha value is -0.960. The van der Waals surface area contributed by atoms with Crippen molar-refractivity contribution in [2.24, 2.45) is 5.92 Å². The van der Waals surface area contributed by atoms with Gasteiger partial charge in [0, 0.05) is 17.1 Å². The Morgan fingerprint density at radius 1 is 1.47 bits per heavy atom. The molecule has 15 heavy (non-hydrogen) atoms. The highest BCUT2D eigenvalue weighted by Gasteiger charge is 2.19. The van der Waals surface area contributed by atoms with Crippen molar-refractivity contribution < 1.29 is 4.74 Å². The van der Waals surface area contributed by atoms with Crippen molar-refractivity contribution in [3.8, 4) is 5.75 Å². The standard InChI is InChI=1S/C12H12BrNO/c1-7-4-8-5-14-10-3-2-9(13)12(11(8)10)15-6-7/h2-3,5,7,14H,4,6H2,1H3. The Morgan fingerprint density at radius 3 is 3.20 bits per heavy atom. The first-order valence-corrected chi connectivity index (χ1v) is 5.96. The van der Waals surface area contributed by atoms with Gasteiger partial charge in [-0.1, -0.05) is 6.92 Å². The normalized spacial score (nSPS) is 20.0. The fraction of sp³-hybridized carbons (Fsp3) is 0.333. The van der Waals surface area contributed by atoms with Crippen LogP contribution in [0.15, 0.2) is 22.8 Å². The number of halogens is 1. The third-order valence-electron chi connectivity index (χ3n) is 2.91. The van der Waals surface area contributed by atoms with Gasteiger partial charge < -0.3 is 9.72 Å². The molecule has 0 radical (unpaired) electrons. The maximum atomic E-state index is 5.86. The molecule has 0 aliphatic carbocycles.